The van der Waals surface area contributed by atoms with Gasteiger partial charge in [-0.3, -0.25) is 4.79 Å². The van der Waals surface area contributed by atoms with Gasteiger partial charge in [-0.05, 0) is 29.5 Å². The molecule has 1 heterocycles. The third-order valence-corrected chi connectivity index (χ3v) is 3.34. The topological polar surface area (TPSA) is 119 Å². The molecule has 24 heavy (non-hydrogen) atoms. The molecule has 0 spiro atoms. The molecule has 0 saturated heterocycles. The van der Waals surface area contributed by atoms with Crippen molar-refractivity contribution in [2.75, 3.05) is 13.7 Å². The van der Waals surface area contributed by atoms with Gasteiger partial charge in [0, 0.05) is 30.7 Å². The first-order valence-electron chi connectivity index (χ1n) is 7.04. The molecule has 2 rings (SSSR count). The zero-order valence-electron chi connectivity index (χ0n) is 12.8. The smallest absolute Gasteiger partial charge is 0.326 e. The fourth-order valence-corrected chi connectivity index (χ4v) is 2.01. The van der Waals surface area contributed by atoms with E-state index in [2.05, 4.69) is 20.7 Å². The molecule has 1 atom stereocenters. The van der Waals surface area contributed by atoms with Gasteiger partial charge in [-0.1, -0.05) is 11.6 Å². The summed E-state index contributed by atoms with van der Waals surface area (Å²) in [6.45, 7) is -0.0170. The van der Waals surface area contributed by atoms with Crippen molar-refractivity contribution < 1.29 is 19.4 Å². The monoisotopic (exact) mass is 353 g/mol. The third kappa shape index (κ3) is 5.00. The number of ether oxygens (including phenoxy) is 1. The Morgan fingerprint density at radius 3 is 2.71 bits per heavy atom. The van der Waals surface area contributed by atoms with Crippen LogP contribution in [0.2, 0.25) is 5.02 Å². The molecule has 0 saturated carbocycles. The second-order valence-electron chi connectivity index (χ2n) is 4.89. The number of carbonyl (C=O) groups is 2. The van der Waals surface area contributed by atoms with Crippen LogP contribution in [0.15, 0.2) is 24.3 Å². The number of tetrazole rings is 1. The first-order chi connectivity index (χ1) is 11.5. The molecule has 10 heteroatoms. The number of amides is 1. The van der Waals surface area contributed by atoms with Crippen LogP contribution in [-0.2, 0) is 20.9 Å². The summed E-state index contributed by atoms with van der Waals surface area (Å²) in [5.74, 6) is -1.32. The van der Waals surface area contributed by atoms with E-state index in [1.54, 1.807) is 24.3 Å². The van der Waals surface area contributed by atoms with E-state index >= 15 is 0 Å². The van der Waals surface area contributed by atoms with Gasteiger partial charge in [-0.15, -0.1) is 10.2 Å². The molecule has 1 aromatic heterocycles. The summed E-state index contributed by atoms with van der Waals surface area (Å²) in [6, 6.07) is 5.82. The highest BCUT2D eigenvalue weighted by Crippen LogP contribution is 2.16. The number of aromatic nitrogens is 4. The van der Waals surface area contributed by atoms with Gasteiger partial charge in [0.1, 0.15) is 12.6 Å². The largest absolute Gasteiger partial charge is 0.480 e. The number of aliphatic carboxylic acids is 1. The molecule has 2 aromatic rings. The Bertz CT molecular complexity index is 703. The molecular weight excluding hydrogens is 338 g/mol. The maximum absolute atomic E-state index is 11.9. The Balaban J connectivity index is 1.97. The highest BCUT2D eigenvalue weighted by atomic mass is 35.5. The van der Waals surface area contributed by atoms with Crippen LogP contribution in [0.3, 0.4) is 0 Å². The predicted molar refractivity (Wildman–Crippen MR) is 84.3 cm³/mol. The van der Waals surface area contributed by atoms with Gasteiger partial charge in [0.15, 0.2) is 0 Å². The van der Waals surface area contributed by atoms with Crippen molar-refractivity contribution in [1.82, 2.24) is 25.5 Å². The molecule has 128 valence electrons. The second-order valence-corrected chi connectivity index (χ2v) is 5.33. The van der Waals surface area contributed by atoms with E-state index < -0.39 is 17.9 Å². The lowest BCUT2D eigenvalue weighted by atomic mass is 10.2. The van der Waals surface area contributed by atoms with E-state index in [0.29, 0.717) is 16.4 Å². The minimum atomic E-state index is -1.13. The molecule has 1 amide bonds. The zero-order valence-corrected chi connectivity index (χ0v) is 13.6. The Hall–Kier alpha value is -2.52. The van der Waals surface area contributed by atoms with Gasteiger partial charge in [0.05, 0.1) is 0 Å². The summed E-state index contributed by atoms with van der Waals surface area (Å²) in [4.78, 5) is 24.1. The molecule has 0 aliphatic carbocycles. The molecule has 0 aliphatic heterocycles. The Morgan fingerprint density at radius 2 is 2.08 bits per heavy atom. The Morgan fingerprint density at radius 1 is 1.38 bits per heavy atom. The number of nitrogens with one attached hydrogen (secondary N) is 1. The van der Waals surface area contributed by atoms with Gasteiger partial charge in [0.25, 0.3) is 0 Å². The number of hydrogen-bond acceptors (Lipinski definition) is 6. The highest BCUT2D eigenvalue weighted by molar-refractivity contribution is 6.30. The van der Waals surface area contributed by atoms with Gasteiger partial charge < -0.3 is 15.2 Å². The van der Waals surface area contributed by atoms with E-state index in [0.717, 1.165) is 4.80 Å². The molecular formula is C14H16ClN5O4. The molecule has 0 aliphatic rings. The van der Waals surface area contributed by atoms with Crippen molar-refractivity contribution in [2.24, 2.45) is 0 Å². The Kier molecular flexibility index (Phi) is 6.21. The number of carboxylic acids is 1. The lowest BCUT2D eigenvalue weighted by Gasteiger charge is -2.13. The van der Waals surface area contributed by atoms with Crippen LogP contribution in [0, 0.1) is 0 Å². The summed E-state index contributed by atoms with van der Waals surface area (Å²) in [6.07, 6.45) is 0.165. The number of benzene rings is 1. The minimum Gasteiger partial charge on any atom is -0.480 e. The van der Waals surface area contributed by atoms with Crippen molar-refractivity contribution in [3.63, 3.8) is 0 Å². The molecule has 2 N–H and O–H groups in total. The number of carboxylic acid groups (broad SMARTS) is 1. The van der Waals surface area contributed by atoms with E-state index in [1.165, 1.54) is 7.11 Å². The highest BCUT2D eigenvalue weighted by Gasteiger charge is 2.20. The van der Waals surface area contributed by atoms with Crippen LogP contribution in [0.25, 0.3) is 11.4 Å². The standard InChI is InChI=1S/C14H16ClN5O4/c1-24-7-6-11(14(22)23)16-12(21)8-20-18-13(17-19-20)9-2-4-10(15)5-3-9/h2-5,11H,6-8H2,1H3,(H,16,21)(H,22,23). The number of methoxy groups -OCH3 is 1. The lowest BCUT2D eigenvalue weighted by Crippen LogP contribution is -2.43. The maximum Gasteiger partial charge on any atom is 0.326 e. The van der Waals surface area contributed by atoms with Crippen molar-refractivity contribution in [1.29, 1.82) is 0 Å². The quantitative estimate of drug-likeness (QED) is 0.713. The van der Waals surface area contributed by atoms with Gasteiger partial charge in [-0.25, -0.2) is 4.79 Å². The average Bonchev–Trinajstić information content (AvgIpc) is 3.00. The molecule has 0 fully saturated rings. The number of nitrogens with zero attached hydrogens (tertiary/aromatic N) is 4. The summed E-state index contributed by atoms with van der Waals surface area (Å²) in [7, 11) is 1.46. The van der Waals surface area contributed by atoms with Crippen LogP contribution in [0.4, 0.5) is 0 Å². The number of hydrogen-bond donors (Lipinski definition) is 2. The zero-order chi connectivity index (χ0) is 17.5. The van der Waals surface area contributed by atoms with E-state index in [-0.39, 0.29) is 19.6 Å². The molecule has 9 nitrogen and oxygen atoms in total. The van der Waals surface area contributed by atoms with Crippen LogP contribution < -0.4 is 5.32 Å². The third-order valence-electron chi connectivity index (χ3n) is 3.08. The minimum absolute atomic E-state index is 0.165. The average molecular weight is 354 g/mol. The SMILES string of the molecule is COCCC(NC(=O)Cn1nnc(-c2ccc(Cl)cc2)n1)C(=O)O. The van der Waals surface area contributed by atoms with E-state index in [1.807, 2.05) is 0 Å². The van der Waals surface area contributed by atoms with Crippen molar-refractivity contribution in [3.05, 3.63) is 29.3 Å². The summed E-state index contributed by atoms with van der Waals surface area (Å²) in [5.41, 5.74) is 0.703. The van der Waals surface area contributed by atoms with Crippen molar-refractivity contribution >= 4 is 23.5 Å². The predicted octanol–water partition coefficient (Wildman–Crippen LogP) is 0.599. The van der Waals surface area contributed by atoms with Gasteiger partial charge >= 0.3 is 5.97 Å². The van der Waals surface area contributed by atoms with Crippen LogP contribution >= 0.6 is 11.6 Å². The van der Waals surface area contributed by atoms with Crippen LogP contribution in [-0.4, -0.2) is 56.9 Å². The summed E-state index contributed by atoms with van der Waals surface area (Å²) >= 11 is 5.81. The lowest BCUT2D eigenvalue weighted by molar-refractivity contribution is -0.142. The normalized spacial score (nSPS) is 11.9. The number of halogens is 1. The first kappa shape index (κ1) is 17.8. The molecule has 1 aromatic carbocycles. The van der Waals surface area contributed by atoms with Gasteiger partial charge in [0.2, 0.25) is 11.7 Å². The second kappa shape index (κ2) is 8.37. The summed E-state index contributed by atoms with van der Waals surface area (Å²) < 4.78 is 4.82. The van der Waals surface area contributed by atoms with Crippen molar-refractivity contribution in [2.45, 2.75) is 19.0 Å². The van der Waals surface area contributed by atoms with E-state index in [4.69, 9.17) is 21.4 Å². The molecule has 1 unspecified atom stereocenters. The molecule has 0 bridgehead atoms. The summed E-state index contributed by atoms with van der Waals surface area (Å²) in [5, 5.41) is 23.8. The Labute approximate surface area is 142 Å². The van der Waals surface area contributed by atoms with E-state index in [9.17, 15) is 9.59 Å². The maximum atomic E-state index is 11.9. The number of carbonyl (C=O) groups excluding carboxylic acids is 1. The first-order valence-corrected chi connectivity index (χ1v) is 7.42. The van der Waals surface area contributed by atoms with Gasteiger partial charge in [-0.2, -0.15) is 4.80 Å². The van der Waals surface area contributed by atoms with Crippen LogP contribution in [0.5, 0.6) is 0 Å². The fourth-order valence-electron chi connectivity index (χ4n) is 1.89. The fraction of sp³-hybridized carbons (Fsp3) is 0.357. The number of rotatable bonds is 8. The molecule has 0 radical (unpaired) electrons. The van der Waals surface area contributed by atoms with Crippen molar-refractivity contribution in [3.8, 4) is 11.4 Å². The van der Waals surface area contributed by atoms with Crippen LogP contribution in [0.1, 0.15) is 6.42 Å².